The van der Waals surface area contributed by atoms with Crippen LogP contribution in [0.3, 0.4) is 0 Å². The maximum Gasteiger partial charge on any atom is 0.161 e. The molecule has 2 aromatic carbocycles. The summed E-state index contributed by atoms with van der Waals surface area (Å²) in [5, 5.41) is 0. The maximum absolute atomic E-state index is 6.55. The summed E-state index contributed by atoms with van der Waals surface area (Å²) in [4.78, 5) is 0. The molecule has 1 aliphatic rings. The van der Waals surface area contributed by atoms with Gasteiger partial charge in [-0.2, -0.15) is 0 Å². The van der Waals surface area contributed by atoms with E-state index in [-0.39, 0.29) is 18.4 Å². The molecule has 142 valence electrons. The highest BCUT2D eigenvalue weighted by Crippen LogP contribution is 2.36. The lowest BCUT2D eigenvalue weighted by Gasteiger charge is -2.28. The first-order valence-corrected chi connectivity index (χ1v) is 9.47. The van der Waals surface area contributed by atoms with Crippen LogP contribution in [0.1, 0.15) is 56.2 Å². The second kappa shape index (κ2) is 10.4. The number of benzene rings is 2. The van der Waals surface area contributed by atoms with Crippen LogP contribution in [0, 0.1) is 5.92 Å². The Kier molecular flexibility index (Phi) is 8.27. The summed E-state index contributed by atoms with van der Waals surface area (Å²) >= 11 is 0. The van der Waals surface area contributed by atoms with E-state index in [1.165, 1.54) is 32.1 Å². The summed E-state index contributed by atoms with van der Waals surface area (Å²) < 4.78 is 11.8. The average molecular weight is 376 g/mol. The molecule has 2 N–H and O–H groups in total. The van der Waals surface area contributed by atoms with E-state index in [1.54, 1.807) is 0 Å². The van der Waals surface area contributed by atoms with Gasteiger partial charge < -0.3 is 15.2 Å². The van der Waals surface area contributed by atoms with Crippen molar-refractivity contribution in [1.29, 1.82) is 0 Å². The monoisotopic (exact) mass is 375 g/mol. The molecule has 0 radical (unpaired) electrons. The molecule has 0 heterocycles. The van der Waals surface area contributed by atoms with Gasteiger partial charge in [0.15, 0.2) is 11.5 Å². The minimum atomic E-state index is 0. The van der Waals surface area contributed by atoms with Crippen LogP contribution in [0.4, 0.5) is 0 Å². The summed E-state index contributed by atoms with van der Waals surface area (Å²) in [6.07, 6.45) is 6.42. The van der Waals surface area contributed by atoms with Crippen molar-refractivity contribution < 1.29 is 9.47 Å². The third-order valence-electron chi connectivity index (χ3n) is 5.05. The highest BCUT2D eigenvalue weighted by Gasteiger charge is 2.23. The van der Waals surface area contributed by atoms with Gasteiger partial charge >= 0.3 is 0 Å². The second-order valence-electron chi connectivity index (χ2n) is 6.84. The lowest BCUT2D eigenvalue weighted by molar-refractivity contribution is 0.267. The SMILES string of the molecule is CCOc1cc([C@@H](N)C2CCCCC2)ccc1OCc1ccccc1.Cl. The van der Waals surface area contributed by atoms with Gasteiger partial charge in [0.25, 0.3) is 0 Å². The van der Waals surface area contributed by atoms with Crippen molar-refractivity contribution in [3.63, 3.8) is 0 Å². The van der Waals surface area contributed by atoms with Crippen LogP contribution < -0.4 is 15.2 Å². The fraction of sp³-hybridized carbons (Fsp3) is 0.455. The summed E-state index contributed by atoms with van der Waals surface area (Å²) in [5.41, 5.74) is 8.85. The first-order valence-electron chi connectivity index (χ1n) is 9.47. The van der Waals surface area contributed by atoms with Crippen molar-refractivity contribution in [2.45, 2.75) is 51.7 Å². The van der Waals surface area contributed by atoms with Crippen LogP contribution in [0.15, 0.2) is 48.5 Å². The van der Waals surface area contributed by atoms with E-state index in [4.69, 9.17) is 15.2 Å². The van der Waals surface area contributed by atoms with E-state index in [0.29, 0.717) is 19.1 Å². The van der Waals surface area contributed by atoms with E-state index >= 15 is 0 Å². The van der Waals surface area contributed by atoms with Gasteiger partial charge in [0, 0.05) is 6.04 Å². The van der Waals surface area contributed by atoms with Gasteiger partial charge in [-0.3, -0.25) is 0 Å². The predicted molar refractivity (Wildman–Crippen MR) is 109 cm³/mol. The van der Waals surface area contributed by atoms with Gasteiger partial charge in [0.05, 0.1) is 6.61 Å². The summed E-state index contributed by atoms with van der Waals surface area (Å²) in [7, 11) is 0. The molecule has 2 aromatic rings. The van der Waals surface area contributed by atoms with Crippen LogP contribution in [0.2, 0.25) is 0 Å². The molecule has 0 saturated heterocycles. The molecule has 0 bridgehead atoms. The number of hydrogen-bond acceptors (Lipinski definition) is 3. The Morgan fingerprint density at radius 3 is 2.38 bits per heavy atom. The topological polar surface area (TPSA) is 44.5 Å². The maximum atomic E-state index is 6.55. The van der Waals surface area contributed by atoms with Crippen molar-refractivity contribution in [2.24, 2.45) is 11.7 Å². The molecule has 3 rings (SSSR count). The third-order valence-corrected chi connectivity index (χ3v) is 5.05. The van der Waals surface area contributed by atoms with Crippen molar-refractivity contribution in [3.8, 4) is 11.5 Å². The molecule has 0 amide bonds. The Hall–Kier alpha value is -1.71. The largest absolute Gasteiger partial charge is 0.490 e. The summed E-state index contributed by atoms with van der Waals surface area (Å²) in [5.74, 6) is 2.16. The predicted octanol–water partition coefficient (Wildman–Crippen LogP) is 5.67. The summed E-state index contributed by atoms with van der Waals surface area (Å²) in [6, 6.07) is 16.4. The number of nitrogens with two attached hydrogens (primary N) is 1. The van der Waals surface area contributed by atoms with Crippen molar-refractivity contribution in [1.82, 2.24) is 0 Å². The van der Waals surface area contributed by atoms with Gasteiger partial charge in [-0.25, -0.2) is 0 Å². The van der Waals surface area contributed by atoms with Crippen LogP contribution in [-0.4, -0.2) is 6.61 Å². The number of hydrogen-bond donors (Lipinski definition) is 1. The van der Waals surface area contributed by atoms with Crippen LogP contribution in [0.25, 0.3) is 0 Å². The molecule has 0 spiro atoms. The van der Waals surface area contributed by atoms with Crippen LogP contribution in [0.5, 0.6) is 11.5 Å². The molecule has 1 atom stereocenters. The normalized spacial score (nSPS) is 15.8. The highest BCUT2D eigenvalue weighted by molar-refractivity contribution is 5.85. The molecule has 1 aliphatic carbocycles. The van der Waals surface area contributed by atoms with Crippen molar-refractivity contribution >= 4 is 12.4 Å². The molecule has 0 unspecified atom stereocenters. The van der Waals surface area contributed by atoms with Crippen molar-refractivity contribution in [3.05, 3.63) is 59.7 Å². The van der Waals surface area contributed by atoms with E-state index in [2.05, 4.69) is 24.3 Å². The lowest BCUT2D eigenvalue weighted by atomic mass is 9.81. The minimum absolute atomic E-state index is 0. The number of halogens is 1. The molecule has 0 aromatic heterocycles. The zero-order chi connectivity index (χ0) is 17.5. The Morgan fingerprint density at radius 2 is 1.69 bits per heavy atom. The van der Waals surface area contributed by atoms with Gasteiger partial charge in [0.2, 0.25) is 0 Å². The quantitative estimate of drug-likeness (QED) is 0.678. The van der Waals surface area contributed by atoms with Crippen LogP contribution in [-0.2, 0) is 6.61 Å². The fourth-order valence-corrected chi connectivity index (χ4v) is 3.62. The smallest absolute Gasteiger partial charge is 0.161 e. The Labute approximate surface area is 163 Å². The van der Waals surface area contributed by atoms with Gasteiger partial charge in [-0.05, 0) is 48.9 Å². The average Bonchev–Trinajstić information content (AvgIpc) is 2.68. The van der Waals surface area contributed by atoms with E-state index in [9.17, 15) is 0 Å². The molecule has 3 nitrogen and oxygen atoms in total. The molecule has 1 saturated carbocycles. The van der Waals surface area contributed by atoms with E-state index < -0.39 is 0 Å². The standard InChI is InChI=1S/C22H29NO2.ClH/c1-2-24-21-15-19(22(23)18-11-7-4-8-12-18)13-14-20(21)25-16-17-9-5-3-6-10-17;/h3,5-6,9-10,13-15,18,22H,2,4,7-8,11-12,16,23H2,1H3;1H/t22-;/m0./s1. The number of rotatable bonds is 7. The van der Waals surface area contributed by atoms with Gasteiger partial charge in [-0.15, -0.1) is 12.4 Å². The zero-order valence-corrected chi connectivity index (χ0v) is 16.3. The van der Waals surface area contributed by atoms with Gasteiger partial charge in [-0.1, -0.05) is 55.7 Å². The molecular formula is C22H30ClNO2. The molecule has 4 heteroatoms. The van der Waals surface area contributed by atoms with Crippen LogP contribution >= 0.6 is 12.4 Å². The summed E-state index contributed by atoms with van der Waals surface area (Å²) in [6.45, 7) is 3.15. The second-order valence-corrected chi connectivity index (χ2v) is 6.84. The van der Waals surface area contributed by atoms with E-state index in [0.717, 1.165) is 22.6 Å². The Morgan fingerprint density at radius 1 is 0.962 bits per heavy atom. The van der Waals surface area contributed by atoms with Crippen molar-refractivity contribution in [2.75, 3.05) is 6.61 Å². The zero-order valence-electron chi connectivity index (χ0n) is 15.5. The molecular weight excluding hydrogens is 346 g/mol. The van der Waals surface area contributed by atoms with Gasteiger partial charge in [0.1, 0.15) is 6.61 Å². The Bertz CT molecular complexity index is 656. The molecule has 0 aliphatic heterocycles. The molecule has 26 heavy (non-hydrogen) atoms. The highest BCUT2D eigenvalue weighted by atomic mass is 35.5. The number of ether oxygens (including phenoxy) is 2. The first kappa shape index (κ1) is 20.6. The lowest BCUT2D eigenvalue weighted by Crippen LogP contribution is -2.23. The Balaban J connectivity index is 0.00000243. The minimum Gasteiger partial charge on any atom is -0.490 e. The third kappa shape index (κ3) is 5.39. The van der Waals surface area contributed by atoms with E-state index in [1.807, 2.05) is 31.2 Å². The molecule has 1 fully saturated rings. The first-order chi connectivity index (χ1) is 12.3. The fourth-order valence-electron chi connectivity index (χ4n) is 3.62.